The van der Waals surface area contributed by atoms with Gasteiger partial charge in [-0.2, -0.15) is 0 Å². The number of halogens is 2. The predicted octanol–water partition coefficient (Wildman–Crippen LogP) is 3.80. The van der Waals surface area contributed by atoms with Crippen LogP contribution in [0.15, 0.2) is 40.9 Å². The molecular weight excluding hydrogens is 332 g/mol. The minimum absolute atomic E-state index is 0.154. The van der Waals surface area contributed by atoms with Crippen molar-refractivity contribution in [1.82, 2.24) is 5.16 Å². The van der Waals surface area contributed by atoms with E-state index in [2.05, 4.69) is 5.16 Å². The van der Waals surface area contributed by atoms with Crippen LogP contribution >= 0.6 is 0 Å². The Morgan fingerprint density at radius 2 is 1.84 bits per heavy atom. The van der Waals surface area contributed by atoms with Crippen LogP contribution in [0.1, 0.15) is 5.56 Å². The molecule has 1 heterocycles. The normalized spacial score (nSPS) is 10.8. The summed E-state index contributed by atoms with van der Waals surface area (Å²) in [5.74, 6) is -0.763. The monoisotopic (exact) mass is 347 g/mol. The van der Waals surface area contributed by atoms with Gasteiger partial charge in [0.05, 0.1) is 26.4 Å². The molecule has 25 heavy (non-hydrogen) atoms. The van der Waals surface area contributed by atoms with E-state index in [0.29, 0.717) is 28.3 Å². The van der Waals surface area contributed by atoms with Crippen molar-refractivity contribution in [1.29, 1.82) is 0 Å². The number of methoxy groups -OCH3 is 2. The first kappa shape index (κ1) is 16.9. The molecule has 0 bridgehead atoms. The Bertz CT molecular complexity index is 908. The number of benzene rings is 2. The highest BCUT2D eigenvalue weighted by Crippen LogP contribution is 2.38. The highest BCUT2D eigenvalue weighted by Gasteiger charge is 2.22. The Morgan fingerprint density at radius 1 is 1.04 bits per heavy atom. The van der Waals surface area contributed by atoms with E-state index in [1.807, 2.05) is 0 Å². The summed E-state index contributed by atoms with van der Waals surface area (Å²) in [6.07, 6.45) is 0. The van der Waals surface area contributed by atoms with Gasteiger partial charge in [0.2, 0.25) is 0 Å². The average molecular weight is 347 g/mol. The fourth-order valence-electron chi connectivity index (χ4n) is 2.53. The Kier molecular flexibility index (Phi) is 4.67. The maximum Gasteiger partial charge on any atom is 0.173 e. The van der Waals surface area contributed by atoms with Gasteiger partial charge >= 0.3 is 0 Å². The molecule has 0 fully saturated rings. The van der Waals surface area contributed by atoms with Crippen molar-refractivity contribution >= 4 is 0 Å². The largest absolute Gasteiger partial charge is 0.497 e. The van der Waals surface area contributed by atoms with Gasteiger partial charge in [-0.1, -0.05) is 5.16 Å². The van der Waals surface area contributed by atoms with E-state index < -0.39 is 18.2 Å². The van der Waals surface area contributed by atoms with E-state index in [1.165, 1.54) is 20.3 Å². The number of aliphatic hydroxyl groups excluding tert-OH is 1. The van der Waals surface area contributed by atoms with Crippen LogP contribution in [0.5, 0.6) is 11.5 Å². The van der Waals surface area contributed by atoms with Crippen LogP contribution < -0.4 is 9.47 Å². The second kappa shape index (κ2) is 6.90. The van der Waals surface area contributed by atoms with Crippen LogP contribution in [-0.2, 0) is 6.61 Å². The Hall–Kier alpha value is -2.93. The summed E-state index contributed by atoms with van der Waals surface area (Å²) in [7, 11) is 3.02. The van der Waals surface area contributed by atoms with Crippen LogP contribution in [0.2, 0.25) is 0 Å². The topological polar surface area (TPSA) is 64.7 Å². The summed E-state index contributed by atoms with van der Waals surface area (Å²) in [4.78, 5) is 0. The summed E-state index contributed by atoms with van der Waals surface area (Å²) in [6.45, 7) is -0.409. The smallest absolute Gasteiger partial charge is 0.173 e. The molecule has 0 radical (unpaired) electrons. The van der Waals surface area contributed by atoms with Gasteiger partial charge in [-0.25, -0.2) is 8.78 Å². The summed E-state index contributed by atoms with van der Waals surface area (Å²) < 4.78 is 42.5. The number of hydrogen-bond donors (Lipinski definition) is 1. The lowest BCUT2D eigenvalue weighted by Crippen LogP contribution is -1.94. The van der Waals surface area contributed by atoms with Crippen molar-refractivity contribution in [3.05, 3.63) is 53.6 Å². The summed E-state index contributed by atoms with van der Waals surface area (Å²) in [6, 6.07) is 8.43. The Labute approximate surface area is 142 Å². The van der Waals surface area contributed by atoms with Gasteiger partial charge in [0.1, 0.15) is 17.2 Å². The molecule has 0 unspecified atom stereocenters. The van der Waals surface area contributed by atoms with E-state index in [-0.39, 0.29) is 11.3 Å². The Balaban J connectivity index is 2.16. The van der Waals surface area contributed by atoms with Gasteiger partial charge in [-0.3, -0.25) is 0 Å². The number of hydrogen-bond acceptors (Lipinski definition) is 5. The zero-order valence-corrected chi connectivity index (χ0v) is 13.5. The second-order valence-corrected chi connectivity index (χ2v) is 5.19. The minimum atomic E-state index is -1.02. The lowest BCUT2D eigenvalue weighted by atomic mass is 10.0. The van der Waals surface area contributed by atoms with Gasteiger partial charge in [-0.05, 0) is 36.4 Å². The fraction of sp³-hybridized carbons (Fsp3) is 0.167. The number of aliphatic hydroxyl groups is 1. The van der Waals surface area contributed by atoms with Gasteiger partial charge in [-0.15, -0.1) is 0 Å². The predicted molar refractivity (Wildman–Crippen MR) is 86.3 cm³/mol. The van der Waals surface area contributed by atoms with Crippen LogP contribution in [0.3, 0.4) is 0 Å². The van der Waals surface area contributed by atoms with Gasteiger partial charge in [0, 0.05) is 11.1 Å². The number of nitrogens with zero attached hydrogens (tertiary/aromatic N) is 1. The third-order valence-electron chi connectivity index (χ3n) is 3.79. The van der Waals surface area contributed by atoms with Gasteiger partial charge in [0.15, 0.2) is 17.4 Å². The highest BCUT2D eigenvalue weighted by molar-refractivity contribution is 5.77. The number of ether oxygens (including phenoxy) is 2. The van der Waals surface area contributed by atoms with E-state index in [1.54, 1.807) is 18.2 Å². The molecule has 0 aliphatic rings. The zero-order valence-electron chi connectivity index (χ0n) is 13.5. The molecule has 2 aromatic carbocycles. The first-order chi connectivity index (χ1) is 12.1. The molecule has 0 atom stereocenters. The molecule has 0 aliphatic carbocycles. The number of aromatic nitrogens is 1. The van der Waals surface area contributed by atoms with E-state index in [4.69, 9.17) is 14.0 Å². The molecule has 0 spiro atoms. The van der Waals surface area contributed by atoms with E-state index >= 15 is 0 Å². The lowest BCUT2D eigenvalue weighted by molar-refractivity contribution is 0.281. The van der Waals surface area contributed by atoms with Crippen molar-refractivity contribution in [3.8, 4) is 34.1 Å². The molecular formula is C18H15F2NO4. The quantitative estimate of drug-likeness (QED) is 0.761. The highest BCUT2D eigenvalue weighted by atomic mass is 19.2. The zero-order chi connectivity index (χ0) is 18.0. The minimum Gasteiger partial charge on any atom is -0.497 e. The first-order valence-electron chi connectivity index (χ1n) is 7.36. The molecule has 3 rings (SSSR count). The summed E-state index contributed by atoms with van der Waals surface area (Å²) in [5, 5.41) is 13.8. The van der Waals surface area contributed by atoms with Crippen molar-refractivity contribution in [2.75, 3.05) is 14.2 Å². The molecule has 0 saturated carbocycles. The van der Waals surface area contributed by atoms with Gasteiger partial charge < -0.3 is 19.1 Å². The SMILES string of the molecule is COc1ccc(OC)c(-c2noc(-c3ccc(F)c(F)c3)c2CO)c1. The molecule has 5 nitrogen and oxygen atoms in total. The standard InChI is InChI=1S/C18H15F2NO4/c1-23-11-4-6-16(24-2)12(8-11)17-13(9-22)18(25-21-17)10-3-5-14(19)15(20)7-10/h3-8,22H,9H2,1-2H3. The van der Waals surface area contributed by atoms with E-state index in [9.17, 15) is 13.9 Å². The molecule has 0 aliphatic heterocycles. The molecule has 1 N–H and O–H groups in total. The molecule has 7 heteroatoms. The van der Waals surface area contributed by atoms with Crippen molar-refractivity contribution < 1.29 is 27.9 Å². The number of rotatable bonds is 5. The summed E-state index contributed by atoms with van der Waals surface area (Å²) >= 11 is 0. The van der Waals surface area contributed by atoms with Crippen molar-refractivity contribution in [3.63, 3.8) is 0 Å². The molecule has 3 aromatic rings. The van der Waals surface area contributed by atoms with Crippen LogP contribution in [0, 0.1) is 11.6 Å². The maximum absolute atomic E-state index is 13.5. The van der Waals surface area contributed by atoms with Crippen LogP contribution in [0.4, 0.5) is 8.78 Å². The van der Waals surface area contributed by atoms with Gasteiger partial charge in [0.25, 0.3) is 0 Å². The fourth-order valence-corrected chi connectivity index (χ4v) is 2.53. The second-order valence-electron chi connectivity index (χ2n) is 5.19. The van der Waals surface area contributed by atoms with Crippen LogP contribution in [-0.4, -0.2) is 24.5 Å². The van der Waals surface area contributed by atoms with Crippen LogP contribution in [0.25, 0.3) is 22.6 Å². The average Bonchev–Trinajstić information content (AvgIpc) is 3.07. The van der Waals surface area contributed by atoms with E-state index in [0.717, 1.165) is 12.1 Å². The van der Waals surface area contributed by atoms with Crippen molar-refractivity contribution in [2.24, 2.45) is 0 Å². The first-order valence-corrected chi connectivity index (χ1v) is 7.36. The molecule has 130 valence electrons. The Morgan fingerprint density at radius 3 is 2.48 bits per heavy atom. The third kappa shape index (κ3) is 3.06. The maximum atomic E-state index is 13.5. The molecule has 0 saturated heterocycles. The lowest BCUT2D eigenvalue weighted by Gasteiger charge is -2.09. The summed E-state index contributed by atoms with van der Waals surface area (Å²) in [5.41, 5.74) is 1.47. The third-order valence-corrected chi connectivity index (χ3v) is 3.79. The van der Waals surface area contributed by atoms with Crippen molar-refractivity contribution in [2.45, 2.75) is 6.61 Å². The molecule has 1 aromatic heterocycles. The molecule has 0 amide bonds.